The fraction of sp³-hybridized carbons (Fsp3) is 0.292. The summed E-state index contributed by atoms with van der Waals surface area (Å²) in [5.41, 5.74) is -2.23. The van der Waals surface area contributed by atoms with Crippen molar-refractivity contribution in [1.82, 2.24) is 14.7 Å². The minimum Gasteiger partial charge on any atom is -0.330 e. The molecule has 1 fully saturated rings. The smallest absolute Gasteiger partial charge is 0.330 e. The molecule has 0 unspecified atom stereocenters. The Morgan fingerprint density at radius 3 is 2.17 bits per heavy atom. The lowest BCUT2D eigenvalue weighted by atomic mass is 10.1. The summed E-state index contributed by atoms with van der Waals surface area (Å²) in [6.07, 6.45) is -7.78. The standard InChI is InChI=1S/C24H19F6N3O2/c1-14-11-20(34)21(31-33(14)19-4-2-3-17(12-19)24(28,29)30)22(35)32(18-9-10-18)13-15-5-7-16(8-6-15)23(25,26)27/h2-8,11-12,18H,9-10,13H2,1H3. The minimum atomic E-state index is -4.59. The number of halogens is 6. The van der Waals surface area contributed by atoms with Gasteiger partial charge in [0, 0.05) is 24.3 Å². The van der Waals surface area contributed by atoms with Gasteiger partial charge in [0.25, 0.3) is 5.91 Å². The van der Waals surface area contributed by atoms with Gasteiger partial charge < -0.3 is 4.90 Å². The zero-order chi connectivity index (χ0) is 25.5. The Balaban J connectivity index is 1.67. The van der Waals surface area contributed by atoms with Crippen LogP contribution in [0.5, 0.6) is 0 Å². The van der Waals surface area contributed by atoms with Crippen LogP contribution in [0.15, 0.2) is 59.4 Å². The average Bonchev–Trinajstić information content (AvgIpc) is 3.62. The van der Waals surface area contributed by atoms with Gasteiger partial charge in [0.15, 0.2) is 5.69 Å². The van der Waals surface area contributed by atoms with Crippen molar-refractivity contribution in [3.8, 4) is 5.69 Å². The Hall–Kier alpha value is -3.63. The predicted octanol–water partition coefficient (Wildman–Crippen LogP) is 5.38. The van der Waals surface area contributed by atoms with Gasteiger partial charge in [-0.2, -0.15) is 31.4 Å². The molecule has 1 aromatic heterocycles. The number of alkyl halides is 6. The summed E-state index contributed by atoms with van der Waals surface area (Å²) in [7, 11) is 0. The van der Waals surface area contributed by atoms with E-state index in [1.54, 1.807) is 0 Å². The van der Waals surface area contributed by atoms with Gasteiger partial charge in [-0.3, -0.25) is 9.59 Å². The van der Waals surface area contributed by atoms with E-state index in [1.807, 2.05) is 0 Å². The van der Waals surface area contributed by atoms with E-state index in [4.69, 9.17) is 0 Å². The highest BCUT2D eigenvalue weighted by molar-refractivity contribution is 5.92. The van der Waals surface area contributed by atoms with Crippen LogP contribution in [0.2, 0.25) is 0 Å². The van der Waals surface area contributed by atoms with Crippen molar-refractivity contribution in [1.29, 1.82) is 0 Å². The third-order valence-electron chi connectivity index (χ3n) is 5.61. The summed E-state index contributed by atoms with van der Waals surface area (Å²) >= 11 is 0. The first-order valence-corrected chi connectivity index (χ1v) is 10.6. The first kappa shape index (κ1) is 24.5. The fourth-order valence-corrected chi connectivity index (χ4v) is 3.66. The lowest BCUT2D eigenvalue weighted by molar-refractivity contribution is -0.138. The van der Waals surface area contributed by atoms with E-state index in [0.29, 0.717) is 18.4 Å². The highest BCUT2D eigenvalue weighted by Gasteiger charge is 2.36. The molecule has 1 aliphatic carbocycles. The number of nitrogens with zero attached hydrogens (tertiary/aromatic N) is 3. The van der Waals surface area contributed by atoms with Gasteiger partial charge in [-0.1, -0.05) is 18.2 Å². The van der Waals surface area contributed by atoms with Crippen LogP contribution in [0.25, 0.3) is 5.69 Å². The topological polar surface area (TPSA) is 55.2 Å². The number of hydrogen-bond donors (Lipinski definition) is 0. The lowest BCUT2D eigenvalue weighted by Gasteiger charge is -2.23. The number of aryl methyl sites for hydroxylation is 1. The SMILES string of the molecule is Cc1cc(=O)c(C(=O)N(Cc2ccc(C(F)(F)F)cc2)C2CC2)nn1-c1cccc(C(F)(F)F)c1. The maximum absolute atomic E-state index is 13.3. The number of carbonyl (C=O) groups excluding carboxylic acids is 1. The molecular weight excluding hydrogens is 476 g/mol. The quantitative estimate of drug-likeness (QED) is 0.447. The van der Waals surface area contributed by atoms with E-state index >= 15 is 0 Å². The van der Waals surface area contributed by atoms with Crippen LogP contribution in [-0.4, -0.2) is 26.6 Å². The third-order valence-corrected chi connectivity index (χ3v) is 5.61. The normalized spacial score (nSPS) is 14.1. The van der Waals surface area contributed by atoms with Gasteiger partial charge in [0.05, 0.1) is 16.8 Å². The molecule has 0 bridgehead atoms. The highest BCUT2D eigenvalue weighted by atomic mass is 19.4. The molecule has 1 amide bonds. The van der Waals surface area contributed by atoms with Gasteiger partial charge in [0.1, 0.15) is 0 Å². The fourth-order valence-electron chi connectivity index (χ4n) is 3.66. The highest BCUT2D eigenvalue weighted by Crippen LogP contribution is 2.32. The van der Waals surface area contributed by atoms with Gasteiger partial charge >= 0.3 is 12.4 Å². The molecule has 3 aromatic rings. The van der Waals surface area contributed by atoms with Crippen LogP contribution in [0, 0.1) is 6.92 Å². The zero-order valence-corrected chi connectivity index (χ0v) is 18.3. The Bertz CT molecular complexity index is 1310. The first-order valence-electron chi connectivity index (χ1n) is 10.6. The van der Waals surface area contributed by atoms with E-state index < -0.39 is 40.5 Å². The molecule has 1 saturated carbocycles. The lowest BCUT2D eigenvalue weighted by Crippen LogP contribution is -2.37. The van der Waals surface area contributed by atoms with Gasteiger partial charge in [-0.25, -0.2) is 4.68 Å². The second-order valence-corrected chi connectivity index (χ2v) is 8.32. The van der Waals surface area contributed by atoms with Crippen LogP contribution in [0.4, 0.5) is 26.3 Å². The van der Waals surface area contributed by atoms with Crippen molar-refractivity contribution < 1.29 is 31.1 Å². The number of hydrogen-bond acceptors (Lipinski definition) is 3. The molecule has 4 rings (SSSR count). The molecule has 184 valence electrons. The molecule has 1 aliphatic rings. The summed E-state index contributed by atoms with van der Waals surface area (Å²) in [6.45, 7) is 1.43. The van der Waals surface area contributed by atoms with Crippen molar-refractivity contribution in [2.24, 2.45) is 0 Å². The van der Waals surface area contributed by atoms with Crippen LogP contribution in [-0.2, 0) is 18.9 Å². The summed E-state index contributed by atoms with van der Waals surface area (Å²) in [5.74, 6) is -0.738. The molecule has 35 heavy (non-hydrogen) atoms. The zero-order valence-electron chi connectivity index (χ0n) is 18.3. The molecule has 0 spiro atoms. The Morgan fingerprint density at radius 1 is 0.971 bits per heavy atom. The maximum atomic E-state index is 13.3. The second kappa shape index (κ2) is 8.86. The second-order valence-electron chi connectivity index (χ2n) is 8.32. The van der Waals surface area contributed by atoms with Gasteiger partial charge in [-0.05, 0) is 55.7 Å². The average molecular weight is 495 g/mol. The molecule has 11 heteroatoms. The third kappa shape index (κ3) is 5.39. The molecule has 0 aliphatic heterocycles. The summed E-state index contributed by atoms with van der Waals surface area (Å²) in [4.78, 5) is 27.3. The molecule has 0 atom stereocenters. The van der Waals surface area contributed by atoms with Crippen molar-refractivity contribution in [3.63, 3.8) is 0 Å². The van der Waals surface area contributed by atoms with Crippen LogP contribution in [0.3, 0.4) is 0 Å². The molecular formula is C24H19F6N3O2. The minimum absolute atomic E-state index is 0.0205. The molecule has 2 aromatic carbocycles. The van der Waals surface area contributed by atoms with E-state index in [0.717, 1.165) is 35.0 Å². The van der Waals surface area contributed by atoms with Crippen molar-refractivity contribution in [2.45, 2.75) is 44.7 Å². The van der Waals surface area contributed by atoms with Crippen molar-refractivity contribution in [3.05, 3.63) is 92.9 Å². The van der Waals surface area contributed by atoms with Crippen LogP contribution in [0.1, 0.15) is 45.7 Å². The number of benzene rings is 2. The van der Waals surface area contributed by atoms with Crippen LogP contribution < -0.4 is 5.43 Å². The molecule has 0 N–H and O–H groups in total. The van der Waals surface area contributed by atoms with E-state index in [-0.39, 0.29) is 24.0 Å². The van der Waals surface area contributed by atoms with Crippen molar-refractivity contribution in [2.75, 3.05) is 0 Å². The van der Waals surface area contributed by atoms with E-state index in [2.05, 4.69) is 5.10 Å². The Labute approximate surface area is 195 Å². The molecule has 5 nitrogen and oxygen atoms in total. The Morgan fingerprint density at radius 2 is 1.60 bits per heavy atom. The molecule has 0 radical (unpaired) electrons. The number of aromatic nitrogens is 2. The molecule has 0 saturated heterocycles. The van der Waals surface area contributed by atoms with Crippen molar-refractivity contribution >= 4 is 5.91 Å². The Kier molecular flexibility index (Phi) is 6.20. The monoisotopic (exact) mass is 495 g/mol. The van der Waals surface area contributed by atoms with E-state index in [1.165, 1.54) is 36.1 Å². The molecule has 1 heterocycles. The summed E-state index contributed by atoms with van der Waals surface area (Å²) < 4.78 is 79.1. The maximum Gasteiger partial charge on any atom is 0.416 e. The van der Waals surface area contributed by atoms with Gasteiger partial charge in [0.2, 0.25) is 5.43 Å². The predicted molar refractivity (Wildman–Crippen MR) is 114 cm³/mol. The van der Waals surface area contributed by atoms with Crippen LogP contribution >= 0.6 is 0 Å². The number of rotatable bonds is 5. The number of amides is 1. The first-order chi connectivity index (χ1) is 16.3. The van der Waals surface area contributed by atoms with E-state index in [9.17, 15) is 35.9 Å². The summed E-state index contributed by atoms with van der Waals surface area (Å²) in [6, 6.07) is 9.56. The summed E-state index contributed by atoms with van der Waals surface area (Å²) in [5, 5.41) is 4.08. The number of carbonyl (C=O) groups is 1. The largest absolute Gasteiger partial charge is 0.416 e. The van der Waals surface area contributed by atoms with Gasteiger partial charge in [-0.15, -0.1) is 0 Å².